The predicted molar refractivity (Wildman–Crippen MR) is 119 cm³/mol. The Morgan fingerprint density at radius 1 is 1.16 bits per heavy atom. The second kappa shape index (κ2) is 8.72. The molecule has 0 aliphatic carbocycles. The Bertz CT molecular complexity index is 1200. The quantitative estimate of drug-likeness (QED) is 0.543. The first-order valence-electron chi connectivity index (χ1n) is 9.99. The molecule has 2 heterocycles. The smallest absolute Gasteiger partial charge is 0.290 e. The fourth-order valence-electron chi connectivity index (χ4n) is 3.94. The van der Waals surface area contributed by atoms with Crippen molar-refractivity contribution in [1.29, 1.82) is 0 Å². The number of hydrogen-bond donors (Lipinski definition) is 1. The molecule has 3 aromatic rings. The molecule has 0 saturated carbocycles. The van der Waals surface area contributed by atoms with Gasteiger partial charge < -0.3 is 23.9 Å². The van der Waals surface area contributed by atoms with Crippen molar-refractivity contribution in [1.82, 2.24) is 4.90 Å². The topological polar surface area (TPSA) is 89.2 Å². The Morgan fingerprint density at radius 3 is 2.68 bits per heavy atom. The number of ether oxygens (including phenoxy) is 2. The van der Waals surface area contributed by atoms with E-state index in [2.05, 4.69) is 15.9 Å². The molecule has 0 radical (unpaired) electrons. The van der Waals surface area contributed by atoms with Crippen LogP contribution in [0.1, 0.15) is 41.1 Å². The monoisotopic (exact) mass is 487 g/mol. The maximum absolute atomic E-state index is 13.5. The van der Waals surface area contributed by atoms with Gasteiger partial charge in [0, 0.05) is 17.6 Å². The van der Waals surface area contributed by atoms with Crippen molar-refractivity contribution in [3.8, 4) is 11.5 Å². The number of amides is 1. The van der Waals surface area contributed by atoms with Crippen LogP contribution in [0.25, 0.3) is 11.0 Å². The first-order valence-corrected chi connectivity index (χ1v) is 10.8. The van der Waals surface area contributed by atoms with Crippen LogP contribution in [-0.2, 0) is 0 Å². The zero-order chi connectivity index (χ0) is 22.1. The SMILES string of the molecule is CCOc1ccc(C2c3c(oc4ccc(Br)cc4c3=O)C(=O)N2CCCO)cc1OC. The lowest BCUT2D eigenvalue weighted by atomic mass is 9.98. The highest BCUT2D eigenvalue weighted by molar-refractivity contribution is 9.10. The van der Waals surface area contributed by atoms with Gasteiger partial charge in [-0.3, -0.25) is 9.59 Å². The zero-order valence-corrected chi connectivity index (χ0v) is 18.8. The zero-order valence-electron chi connectivity index (χ0n) is 17.2. The summed E-state index contributed by atoms with van der Waals surface area (Å²) < 4.78 is 17.7. The van der Waals surface area contributed by atoms with Crippen LogP contribution in [0.5, 0.6) is 11.5 Å². The molecule has 1 amide bonds. The number of carbonyl (C=O) groups excluding carboxylic acids is 1. The van der Waals surface area contributed by atoms with Gasteiger partial charge >= 0.3 is 0 Å². The molecule has 1 aliphatic heterocycles. The molecule has 2 aromatic carbocycles. The van der Waals surface area contributed by atoms with Gasteiger partial charge in [0.2, 0.25) is 5.76 Å². The number of benzene rings is 2. The summed E-state index contributed by atoms with van der Waals surface area (Å²) in [7, 11) is 1.54. The fraction of sp³-hybridized carbons (Fsp3) is 0.304. The number of fused-ring (bicyclic) bond motifs is 2. The van der Waals surface area contributed by atoms with Crippen molar-refractivity contribution in [2.75, 3.05) is 26.9 Å². The highest BCUT2D eigenvalue weighted by atomic mass is 79.9. The van der Waals surface area contributed by atoms with Crippen LogP contribution in [0.3, 0.4) is 0 Å². The molecule has 31 heavy (non-hydrogen) atoms. The van der Waals surface area contributed by atoms with Gasteiger partial charge in [-0.2, -0.15) is 0 Å². The summed E-state index contributed by atoms with van der Waals surface area (Å²) in [6.45, 7) is 2.56. The van der Waals surface area contributed by atoms with Gasteiger partial charge in [-0.1, -0.05) is 22.0 Å². The van der Waals surface area contributed by atoms with Gasteiger partial charge in [0.05, 0.1) is 30.7 Å². The van der Waals surface area contributed by atoms with Crippen molar-refractivity contribution in [2.45, 2.75) is 19.4 Å². The number of aliphatic hydroxyl groups excluding tert-OH is 1. The van der Waals surface area contributed by atoms with Gasteiger partial charge in [0.25, 0.3) is 5.91 Å². The number of aliphatic hydroxyl groups is 1. The van der Waals surface area contributed by atoms with Gasteiger partial charge in [-0.15, -0.1) is 0 Å². The van der Waals surface area contributed by atoms with E-state index in [0.29, 0.717) is 46.6 Å². The Labute approximate surface area is 187 Å². The third-order valence-electron chi connectivity index (χ3n) is 5.29. The van der Waals surface area contributed by atoms with Gasteiger partial charge in [0.15, 0.2) is 16.9 Å². The molecule has 1 aliphatic rings. The van der Waals surface area contributed by atoms with Crippen molar-refractivity contribution >= 4 is 32.8 Å². The lowest BCUT2D eigenvalue weighted by molar-refractivity contribution is 0.0716. The number of hydrogen-bond acceptors (Lipinski definition) is 6. The highest BCUT2D eigenvalue weighted by Crippen LogP contribution is 2.41. The average Bonchev–Trinajstić information content (AvgIpc) is 3.05. The van der Waals surface area contributed by atoms with Crippen molar-refractivity contribution in [3.63, 3.8) is 0 Å². The number of rotatable bonds is 7. The lowest BCUT2D eigenvalue weighted by Crippen LogP contribution is -2.31. The Kier molecular flexibility index (Phi) is 6.02. The van der Waals surface area contributed by atoms with Crippen LogP contribution >= 0.6 is 15.9 Å². The highest BCUT2D eigenvalue weighted by Gasteiger charge is 2.42. The second-order valence-electron chi connectivity index (χ2n) is 7.14. The largest absolute Gasteiger partial charge is 0.493 e. The maximum Gasteiger partial charge on any atom is 0.290 e. The minimum Gasteiger partial charge on any atom is -0.493 e. The molecule has 0 fully saturated rings. The van der Waals surface area contributed by atoms with E-state index < -0.39 is 6.04 Å². The van der Waals surface area contributed by atoms with E-state index in [4.69, 9.17) is 13.9 Å². The van der Waals surface area contributed by atoms with Crippen LogP contribution < -0.4 is 14.9 Å². The van der Waals surface area contributed by atoms with Crippen LogP contribution in [0, 0.1) is 0 Å². The molecular weight excluding hydrogens is 466 g/mol. The summed E-state index contributed by atoms with van der Waals surface area (Å²) in [5.41, 5.74) is 1.09. The molecule has 0 saturated heterocycles. The Balaban J connectivity index is 1.94. The normalized spacial score (nSPS) is 15.4. The summed E-state index contributed by atoms with van der Waals surface area (Å²) in [5, 5.41) is 9.74. The molecule has 8 heteroatoms. The number of carbonyl (C=O) groups is 1. The number of halogens is 1. The molecule has 7 nitrogen and oxygen atoms in total. The van der Waals surface area contributed by atoms with Crippen LogP contribution in [-0.4, -0.2) is 42.8 Å². The maximum atomic E-state index is 13.5. The minimum absolute atomic E-state index is 0.0376. The summed E-state index contributed by atoms with van der Waals surface area (Å²) in [6, 6.07) is 9.82. The van der Waals surface area contributed by atoms with Gasteiger partial charge in [-0.25, -0.2) is 0 Å². The summed E-state index contributed by atoms with van der Waals surface area (Å²) in [4.78, 5) is 28.3. The second-order valence-corrected chi connectivity index (χ2v) is 8.05. The van der Waals surface area contributed by atoms with Crippen LogP contribution in [0.4, 0.5) is 0 Å². The molecule has 1 unspecified atom stereocenters. The molecule has 0 spiro atoms. The Morgan fingerprint density at radius 2 is 1.97 bits per heavy atom. The first kappa shape index (κ1) is 21.4. The molecule has 4 rings (SSSR count). The number of methoxy groups -OCH3 is 1. The summed E-state index contributed by atoms with van der Waals surface area (Å²) in [6.07, 6.45) is 0.379. The molecule has 0 bridgehead atoms. The van der Waals surface area contributed by atoms with Gasteiger partial charge in [-0.05, 0) is 49.2 Å². The summed E-state index contributed by atoms with van der Waals surface area (Å²) >= 11 is 3.39. The third-order valence-corrected chi connectivity index (χ3v) is 5.78. The van der Waals surface area contributed by atoms with E-state index >= 15 is 0 Å². The van der Waals surface area contributed by atoms with Crippen molar-refractivity contribution in [2.24, 2.45) is 0 Å². The van der Waals surface area contributed by atoms with Crippen LogP contribution in [0.2, 0.25) is 0 Å². The molecule has 1 N–H and O–H groups in total. The van der Waals surface area contributed by atoms with E-state index in [9.17, 15) is 14.7 Å². The van der Waals surface area contributed by atoms with E-state index in [1.54, 1.807) is 35.2 Å². The molecule has 162 valence electrons. The fourth-order valence-corrected chi connectivity index (χ4v) is 4.30. The molecule has 1 aromatic heterocycles. The van der Waals surface area contributed by atoms with Crippen molar-refractivity contribution < 1.29 is 23.8 Å². The van der Waals surface area contributed by atoms with E-state index in [-0.39, 0.29) is 30.2 Å². The third kappa shape index (κ3) is 3.70. The average molecular weight is 488 g/mol. The van der Waals surface area contributed by atoms with Crippen molar-refractivity contribution in [3.05, 3.63) is 68.0 Å². The first-order chi connectivity index (χ1) is 15.0. The van der Waals surface area contributed by atoms with E-state index in [1.165, 1.54) is 7.11 Å². The predicted octanol–water partition coefficient (Wildman–Crippen LogP) is 3.89. The minimum atomic E-state index is -0.654. The van der Waals surface area contributed by atoms with Crippen LogP contribution in [0.15, 0.2) is 50.1 Å². The molecular formula is C23H22BrNO6. The van der Waals surface area contributed by atoms with Gasteiger partial charge in [0.1, 0.15) is 5.58 Å². The summed E-state index contributed by atoms with van der Waals surface area (Å²) in [5.74, 6) is 0.754. The standard InChI is InChI=1S/C23H22BrNO6/c1-3-30-17-7-5-13(11-18(17)29-2)20-19-21(27)15-12-14(24)6-8-16(15)31-22(19)23(28)25(20)9-4-10-26/h5-8,11-12,20,26H,3-4,9-10H2,1-2H3. The number of nitrogens with zero attached hydrogens (tertiary/aromatic N) is 1. The molecule has 1 atom stereocenters. The van der Waals surface area contributed by atoms with E-state index in [0.717, 1.165) is 4.47 Å². The van der Waals surface area contributed by atoms with E-state index in [1.807, 2.05) is 13.0 Å². The lowest BCUT2D eigenvalue weighted by Gasteiger charge is -2.25. The Hall–Kier alpha value is -2.84.